The van der Waals surface area contributed by atoms with Crippen molar-refractivity contribution in [3.05, 3.63) is 72.3 Å². The first kappa shape index (κ1) is 19.6. The Bertz CT molecular complexity index is 1350. The minimum absolute atomic E-state index is 0.278. The molecule has 0 saturated heterocycles. The molecule has 1 aliphatic heterocycles. The first-order chi connectivity index (χ1) is 16.2. The number of aromatic nitrogens is 5. The second kappa shape index (κ2) is 7.81. The van der Waals surface area contributed by atoms with Gasteiger partial charge in [0.2, 0.25) is 0 Å². The normalized spacial score (nSPS) is 19.2. The summed E-state index contributed by atoms with van der Waals surface area (Å²) in [6.07, 6.45) is 5.52. The van der Waals surface area contributed by atoms with Crippen molar-refractivity contribution in [3.8, 4) is 28.4 Å². The third-order valence-corrected chi connectivity index (χ3v) is 6.25. The molecule has 4 heterocycles. The van der Waals surface area contributed by atoms with Crippen LogP contribution in [0.1, 0.15) is 34.9 Å². The maximum atomic E-state index is 13.3. The number of carbonyl (C=O) groups excluding carboxylic acids is 1. The van der Waals surface area contributed by atoms with Gasteiger partial charge in [0.05, 0.1) is 12.2 Å². The van der Waals surface area contributed by atoms with Crippen molar-refractivity contribution >= 4 is 11.7 Å². The number of fused-ring (bicyclic) bond motifs is 7. The molecule has 1 unspecified atom stereocenters. The van der Waals surface area contributed by atoms with Gasteiger partial charge in [0.25, 0.3) is 5.91 Å². The largest absolute Gasteiger partial charge is 0.493 e. The molecule has 8 heteroatoms. The molecule has 2 atom stereocenters. The van der Waals surface area contributed by atoms with Crippen molar-refractivity contribution in [3.63, 3.8) is 0 Å². The Labute approximate surface area is 190 Å². The molecular weight excluding hydrogens is 416 g/mol. The lowest BCUT2D eigenvalue weighted by atomic mass is 10.0. The number of ether oxygens (including phenoxy) is 1. The number of benzene rings is 1. The van der Waals surface area contributed by atoms with Crippen LogP contribution in [0.2, 0.25) is 0 Å². The van der Waals surface area contributed by atoms with Gasteiger partial charge in [-0.3, -0.25) is 9.78 Å². The van der Waals surface area contributed by atoms with Gasteiger partial charge in [-0.2, -0.15) is 0 Å². The Balaban J connectivity index is 1.40. The minimum atomic E-state index is -0.278. The highest BCUT2D eigenvalue weighted by molar-refractivity contribution is 6.06. The standard InChI is InChI=1S/C25H22N6O2/c1-15-5-6-18(13-26-15)16-7-8-22-19(11-16)25(32)29-23-4-2-3-20(28-23)24-30-27-14-31(24)21-12-17(21)9-10-33-22/h2-8,11,13-14,17,21H,9-10,12H2,1H3,(H,28,29,32)/t17-,21?/m1/s1. The Morgan fingerprint density at radius 2 is 2.03 bits per heavy atom. The van der Waals surface area contributed by atoms with Gasteiger partial charge in [0.15, 0.2) is 5.82 Å². The second-order valence-corrected chi connectivity index (χ2v) is 8.52. The van der Waals surface area contributed by atoms with E-state index in [4.69, 9.17) is 4.74 Å². The lowest BCUT2D eigenvalue weighted by molar-refractivity contribution is 0.102. The maximum Gasteiger partial charge on any atom is 0.260 e. The number of aryl methyl sites for hydroxylation is 1. The molecule has 1 N–H and O–H groups in total. The highest BCUT2D eigenvalue weighted by Crippen LogP contribution is 2.47. The summed E-state index contributed by atoms with van der Waals surface area (Å²) in [5.41, 5.74) is 3.93. The second-order valence-electron chi connectivity index (χ2n) is 8.52. The number of pyridine rings is 2. The molecule has 3 aromatic heterocycles. The van der Waals surface area contributed by atoms with Crippen LogP contribution >= 0.6 is 0 Å². The smallest absolute Gasteiger partial charge is 0.260 e. The first-order valence-electron chi connectivity index (χ1n) is 11.0. The van der Waals surface area contributed by atoms with E-state index in [-0.39, 0.29) is 5.91 Å². The lowest BCUT2D eigenvalue weighted by Crippen LogP contribution is -2.16. The number of hydrogen-bond acceptors (Lipinski definition) is 6. The monoisotopic (exact) mass is 438 g/mol. The molecule has 0 radical (unpaired) electrons. The Hall–Kier alpha value is -4.07. The number of hydrogen-bond donors (Lipinski definition) is 1. The molecular formula is C25H22N6O2. The van der Waals surface area contributed by atoms with E-state index in [1.807, 2.05) is 55.6 Å². The van der Waals surface area contributed by atoms with Crippen molar-refractivity contribution in [2.24, 2.45) is 5.92 Å². The van der Waals surface area contributed by atoms with Crippen molar-refractivity contribution in [1.82, 2.24) is 24.7 Å². The number of nitrogens with one attached hydrogen (secondary N) is 1. The summed E-state index contributed by atoms with van der Waals surface area (Å²) in [6, 6.07) is 15.5. The van der Waals surface area contributed by atoms with Crippen LogP contribution in [0.5, 0.6) is 5.75 Å². The molecule has 33 heavy (non-hydrogen) atoms. The van der Waals surface area contributed by atoms with E-state index in [2.05, 4.69) is 30.0 Å². The van der Waals surface area contributed by atoms with E-state index in [1.165, 1.54) is 0 Å². The molecule has 1 aromatic carbocycles. The molecule has 1 aliphatic carbocycles. The van der Waals surface area contributed by atoms with Gasteiger partial charge in [-0.15, -0.1) is 10.2 Å². The topological polar surface area (TPSA) is 94.8 Å². The fraction of sp³-hybridized carbons (Fsp3) is 0.240. The SMILES string of the molecule is Cc1ccc(-c2ccc3c(c2)C(=O)Nc2cccc(n2)-c2nncn2C2C[C@H]2CCO3)cn1. The van der Waals surface area contributed by atoms with E-state index >= 15 is 0 Å². The van der Waals surface area contributed by atoms with Crippen LogP contribution in [-0.2, 0) is 0 Å². The quantitative estimate of drug-likeness (QED) is 0.476. The Morgan fingerprint density at radius 1 is 1.12 bits per heavy atom. The highest BCUT2D eigenvalue weighted by Gasteiger charge is 2.40. The zero-order chi connectivity index (χ0) is 22.4. The summed E-state index contributed by atoms with van der Waals surface area (Å²) in [4.78, 5) is 22.3. The van der Waals surface area contributed by atoms with Gasteiger partial charge in [-0.25, -0.2) is 4.98 Å². The van der Waals surface area contributed by atoms with E-state index < -0.39 is 0 Å². The third kappa shape index (κ3) is 3.73. The zero-order valence-corrected chi connectivity index (χ0v) is 18.1. The maximum absolute atomic E-state index is 13.3. The molecule has 6 rings (SSSR count). The van der Waals surface area contributed by atoms with Crippen molar-refractivity contribution in [1.29, 1.82) is 0 Å². The predicted molar refractivity (Wildman–Crippen MR) is 123 cm³/mol. The van der Waals surface area contributed by atoms with Gasteiger partial charge in [-0.05, 0) is 61.6 Å². The zero-order valence-electron chi connectivity index (χ0n) is 18.1. The fourth-order valence-electron chi connectivity index (χ4n) is 4.34. The average Bonchev–Trinajstić information content (AvgIpc) is 3.42. The van der Waals surface area contributed by atoms with Gasteiger partial charge >= 0.3 is 0 Å². The van der Waals surface area contributed by atoms with E-state index in [1.54, 1.807) is 12.4 Å². The van der Waals surface area contributed by atoms with Crippen LogP contribution in [0.25, 0.3) is 22.6 Å². The molecule has 2 bridgehead atoms. The third-order valence-electron chi connectivity index (χ3n) is 6.25. The van der Waals surface area contributed by atoms with E-state index in [9.17, 15) is 4.79 Å². The number of rotatable bonds is 1. The molecule has 1 fully saturated rings. The molecule has 164 valence electrons. The average molecular weight is 438 g/mol. The van der Waals surface area contributed by atoms with Crippen molar-refractivity contribution < 1.29 is 9.53 Å². The number of nitrogens with zero attached hydrogens (tertiary/aromatic N) is 5. The first-order valence-corrected chi connectivity index (χ1v) is 11.0. The van der Waals surface area contributed by atoms with Crippen LogP contribution in [0.3, 0.4) is 0 Å². The number of amides is 1. The summed E-state index contributed by atoms with van der Waals surface area (Å²) in [6.45, 7) is 2.48. The fourth-order valence-corrected chi connectivity index (χ4v) is 4.34. The molecule has 1 amide bonds. The number of anilines is 1. The van der Waals surface area contributed by atoms with Gasteiger partial charge in [0.1, 0.15) is 23.6 Å². The molecule has 4 aromatic rings. The highest BCUT2D eigenvalue weighted by atomic mass is 16.5. The lowest BCUT2D eigenvalue weighted by Gasteiger charge is -2.15. The summed E-state index contributed by atoms with van der Waals surface area (Å²) >= 11 is 0. The molecule has 1 saturated carbocycles. The van der Waals surface area contributed by atoms with Crippen LogP contribution < -0.4 is 10.1 Å². The van der Waals surface area contributed by atoms with Crippen LogP contribution in [0.15, 0.2) is 61.1 Å². The van der Waals surface area contributed by atoms with Gasteiger partial charge < -0.3 is 14.6 Å². The van der Waals surface area contributed by atoms with Gasteiger partial charge in [-0.1, -0.05) is 18.2 Å². The summed E-state index contributed by atoms with van der Waals surface area (Å²) < 4.78 is 8.18. The predicted octanol–water partition coefficient (Wildman–Crippen LogP) is 4.31. The van der Waals surface area contributed by atoms with Gasteiger partial charge in [0, 0.05) is 23.5 Å². The molecule has 2 aliphatic rings. The van der Waals surface area contributed by atoms with Crippen molar-refractivity contribution in [2.45, 2.75) is 25.8 Å². The Kier molecular flexibility index (Phi) is 4.64. The summed E-state index contributed by atoms with van der Waals surface area (Å²) in [7, 11) is 0. The molecule has 8 nitrogen and oxygen atoms in total. The van der Waals surface area contributed by atoms with Crippen LogP contribution in [0.4, 0.5) is 5.82 Å². The van der Waals surface area contributed by atoms with E-state index in [0.717, 1.165) is 29.7 Å². The Morgan fingerprint density at radius 3 is 2.91 bits per heavy atom. The van der Waals surface area contributed by atoms with E-state index in [0.29, 0.717) is 47.2 Å². The van der Waals surface area contributed by atoms with Crippen LogP contribution in [0, 0.1) is 12.8 Å². The number of carbonyl (C=O) groups is 1. The summed E-state index contributed by atoms with van der Waals surface area (Å²) in [5, 5.41) is 11.3. The summed E-state index contributed by atoms with van der Waals surface area (Å²) in [5.74, 6) is 1.93. The molecule has 0 spiro atoms. The van der Waals surface area contributed by atoms with Crippen LogP contribution in [-0.4, -0.2) is 37.2 Å². The minimum Gasteiger partial charge on any atom is -0.493 e. The van der Waals surface area contributed by atoms with Crippen molar-refractivity contribution in [2.75, 3.05) is 11.9 Å².